The van der Waals surface area contributed by atoms with Crippen LogP contribution in [-0.2, 0) is 0 Å². The Bertz CT molecular complexity index is 540. The molecule has 0 spiro atoms. The number of hydrogen-bond acceptors (Lipinski definition) is 4. The van der Waals surface area contributed by atoms with E-state index in [4.69, 9.17) is 4.42 Å². The third kappa shape index (κ3) is 5.48. The number of likely N-dealkylation sites (tertiary alicyclic amines) is 1. The lowest BCUT2D eigenvalue weighted by Gasteiger charge is -2.40. The molecule has 0 bridgehead atoms. The van der Waals surface area contributed by atoms with Crippen molar-refractivity contribution in [3.05, 3.63) is 24.2 Å². The Morgan fingerprint density at radius 3 is 2.88 bits per heavy atom. The first-order chi connectivity index (χ1) is 12.8. The standard InChI is InChI=1S/C20H34N4O2/c1-2-21-20(22-14-18(25)19-11-7-13-26-19)23-16-8-6-12-24(15-16)17-9-4-3-5-10-17/h7,11,13,16-18,25H,2-6,8-10,12,14-15H2,1H3,(H2,21,22,23). The smallest absolute Gasteiger partial charge is 0.191 e. The van der Waals surface area contributed by atoms with Crippen LogP contribution >= 0.6 is 0 Å². The van der Waals surface area contributed by atoms with Gasteiger partial charge in [-0.15, -0.1) is 0 Å². The molecule has 26 heavy (non-hydrogen) atoms. The van der Waals surface area contributed by atoms with Crippen LogP contribution in [0.15, 0.2) is 27.8 Å². The van der Waals surface area contributed by atoms with Crippen LogP contribution in [0.5, 0.6) is 0 Å². The van der Waals surface area contributed by atoms with E-state index in [1.807, 2.05) is 0 Å². The Hall–Kier alpha value is -1.53. The summed E-state index contributed by atoms with van der Waals surface area (Å²) in [4.78, 5) is 7.25. The van der Waals surface area contributed by atoms with Crippen LogP contribution in [-0.4, -0.2) is 54.2 Å². The fourth-order valence-electron chi connectivity index (χ4n) is 4.16. The Kier molecular flexibility index (Phi) is 7.38. The van der Waals surface area contributed by atoms with Crippen LogP contribution in [0.4, 0.5) is 0 Å². The number of aliphatic hydroxyl groups excluding tert-OH is 1. The van der Waals surface area contributed by atoms with Crippen LogP contribution in [0.3, 0.4) is 0 Å². The van der Waals surface area contributed by atoms with E-state index in [2.05, 4.69) is 27.4 Å². The molecule has 6 heteroatoms. The van der Waals surface area contributed by atoms with E-state index in [9.17, 15) is 5.11 Å². The SMILES string of the molecule is CCNC(=NCC(O)c1ccco1)NC1CCCN(C2CCCCC2)C1. The van der Waals surface area contributed by atoms with Gasteiger partial charge in [0.15, 0.2) is 5.96 Å². The van der Waals surface area contributed by atoms with Gasteiger partial charge < -0.3 is 20.2 Å². The van der Waals surface area contributed by atoms with Gasteiger partial charge in [0, 0.05) is 25.2 Å². The quantitative estimate of drug-likeness (QED) is 0.536. The largest absolute Gasteiger partial charge is 0.467 e. The number of furan rings is 1. The van der Waals surface area contributed by atoms with E-state index in [1.54, 1.807) is 18.4 Å². The maximum absolute atomic E-state index is 10.2. The highest BCUT2D eigenvalue weighted by atomic mass is 16.4. The van der Waals surface area contributed by atoms with Crippen molar-refractivity contribution in [2.24, 2.45) is 4.99 Å². The summed E-state index contributed by atoms with van der Waals surface area (Å²) in [5.74, 6) is 1.35. The fourth-order valence-corrected chi connectivity index (χ4v) is 4.16. The molecule has 1 aliphatic carbocycles. The number of nitrogens with zero attached hydrogens (tertiary/aromatic N) is 2. The molecule has 2 aliphatic rings. The average Bonchev–Trinajstić information content (AvgIpc) is 3.22. The summed E-state index contributed by atoms with van der Waals surface area (Å²) in [5.41, 5.74) is 0. The predicted octanol–water partition coefficient (Wildman–Crippen LogP) is 2.67. The highest BCUT2D eigenvalue weighted by Crippen LogP contribution is 2.25. The molecule has 1 aromatic heterocycles. The predicted molar refractivity (Wildman–Crippen MR) is 104 cm³/mol. The second kappa shape index (κ2) is 9.97. The monoisotopic (exact) mass is 362 g/mol. The number of guanidine groups is 1. The van der Waals surface area contributed by atoms with Gasteiger partial charge in [0.05, 0.1) is 12.8 Å². The van der Waals surface area contributed by atoms with E-state index >= 15 is 0 Å². The molecule has 2 heterocycles. The molecule has 146 valence electrons. The molecule has 3 rings (SSSR count). The van der Waals surface area contributed by atoms with Crippen molar-refractivity contribution in [2.75, 3.05) is 26.2 Å². The summed E-state index contributed by atoms with van der Waals surface area (Å²) in [6, 6.07) is 4.76. The fraction of sp³-hybridized carbons (Fsp3) is 0.750. The zero-order chi connectivity index (χ0) is 18.2. The van der Waals surface area contributed by atoms with Crippen LogP contribution in [0.1, 0.15) is 63.7 Å². The lowest BCUT2D eigenvalue weighted by atomic mass is 9.92. The maximum Gasteiger partial charge on any atom is 0.191 e. The number of rotatable bonds is 6. The van der Waals surface area contributed by atoms with Crippen molar-refractivity contribution in [2.45, 2.75) is 70.1 Å². The molecule has 2 atom stereocenters. The molecule has 0 radical (unpaired) electrons. The van der Waals surface area contributed by atoms with Crippen LogP contribution in [0.25, 0.3) is 0 Å². The molecular formula is C20H34N4O2. The molecule has 1 aliphatic heterocycles. The summed E-state index contributed by atoms with van der Waals surface area (Å²) in [6.07, 6.45) is 10.2. The summed E-state index contributed by atoms with van der Waals surface area (Å²) < 4.78 is 5.25. The third-order valence-electron chi connectivity index (χ3n) is 5.52. The molecule has 6 nitrogen and oxygen atoms in total. The van der Waals surface area contributed by atoms with E-state index in [-0.39, 0.29) is 0 Å². The van der Waals surface area contributed by atoms with Gasteiger partial charge in [0.1, 0.15) is 11.9 Å². The first-order valence-corrected chi connectivity index (χ1v) is 10.3. The van der Waals surface area contributed by atoms with Gasteiger partial charge in [-0.05, 0) is 51.3 Å². The van der Waals surface area contributed by atoms with Gasteiger partial charge in [0.2, 0.25) is 0 Å². The van der Waals surface area contributed by atoms with Gasteiger partial charge in [-0.1, -0.05) is 19.3 Å². The van der Waals surface area contributed by atoms with E-state index < -0.39 is 6.10 Å². The van der Waals surface area contributed by atoms with E-state index in [0.717, 1.165) is 25.1 Å². The van der Waals surface area contributed by atoms with Gasteiger partial charge in [-0.3, -0.25) is 9.89 Å². The Labute approximate surface area is 157 Å². The Morgan fingerprint density at radius 1 is 1.31 bits per heavy atom. The van der Waals surface area contributed by atoms with Gasteiger partial charge >= 0.3 is 0 Å². The van der Waals surface area contributed by atoms with Crippen molar-refractivity contribution in [1.29, 1.82) is 0 Å². The van der Waals surface area contributed by atoms with E-state index in [0.29, 0.717) is 18.3 Å². The van der Waals surface area contributed by atoms with Gasteiger partial charge in [-0.25, -0.2) is 0 Å². The van der Waals surface area contributed by atoms with Gasteiger partial charge in [-0.2, -0.15) is 0 Å². The van der Waals surface area contributed by atoms with Crippen LogP contribution < -0.4 is 10.6 Å². The summed E-state index contributed by atoms with van der Waals surface area (Å²) in [6.45, 7) is 5.49. The molecule has 1 saturated heterocycles. The lowest BCUT2D eigenvalue weighted by Crippen LogP contribution is -2.53. The minimum Gasteiger partial charge on any atom is -0.467 e. The molecular weight excluding hydrogens is 328 g/mol. The normalized spacial score (nSPS) is 24.4. The first-order valence-electron chi connectivity index (χ1n) is 10.3. The molecule has 2 fully saturated rings. The maximum atomic E-state index is 10.2. The highest BCUT2D eigenvalue weighted by molar-refractivity contribution is 5.80. The van der Waals surface area contributed by atoms with Gasteiger partial charge in [0.25, 0.3) is 0 Å². The third-order valence-corrected chi connectivity index (χ3v) is 5.52. The second-order valence-electron chi connectivity index (χ2n) is 7.52. The minimum absolute atomic E-state index is 0.294. The van der Waals surface area contributed by atoms with Crippen molar-refractivity contribution in [1.82, 2.24) is 15.5 Å². The highest BCUT2D eigenvalue weighted by Gasteiger charge is 2.27. The molecule has 3 N–H and O–H groups in total. The number of hydrogen-bond donors (Lipinski definition) is 3. The van der Waals surface area contributed by atoms with Crippen molar-refractivity contribution in [3.63, 3.8) is 0 Å². The van der Waals surface area contributed by atoms with Crippen molar-refractivity contribution >= 4 is 5.96 Å². The number of aliphatic imine (C=N–C) groups is 1. The van der Waals surface area contributed by atoms with Crippen molar-refractivity contribution in [3.8, 4) is 0 Å². The summed E-state index contributed by atoms with van der Waals surface area (Å²) >= 11 is 0. The summed E-state index contributed by atoms with van der Waals surface area (Å²) in [5, 5.41) is 17.1. The number of piperidine rings is 1. The molecule has 1 saturated carbocycles. The zero-order valence-corrected chi connectivity index (χ0v) is 16.0. The molecule has 0 aromatic carbocycles. The number of aliphatic hydroxyl groups is 1. The second-order valence-corrected chi connectivity index (χ2v) is 7.52. The molecule has 1 aromatic rings. The topological polar surface area (TPSA) is 73.0 Å². The Morgan fingerprint density at radius 2 is 2.15 bits per heavy atom. The van der Waals surface area contributed by atoms with Crippen LogP contribution in [0, 0.1) is 0 Å². The minimum atomic E-state index is -0.703. The Balaban J connectivity index is 1.53. The average molecular weight is 363 g/mol. The summed E-state index contributed by atoms with van der Waals surface area (Å²) in [7, 11) is 0. The molecule has 2 unspecified atom stereocenters. The number of nitrogens with one attached hydrogen (secondary N) is 2. The first kappa shape index (κ1) is 19.2. The lowest BCUT2D eigenvalue weighted by molar-refractivity contribution is 0.115. The van der Waals surface area contributed by atoms with Crippen molar-refractivity contribution < 1.29 is 9.52 Å². The zero-order valence-electron chi connectivity index (χ0n) is 16.0. The van der Waals surface area contributed by atoms with Crippen LogP contribution in [0.2, 0.25) is 0 Å². The van der Waals surface area contributed by atoms with E-state index in [1.165, 1.54) is 51.5 Å². The molecule has 0 amide bonds.